The Kier molecular flexibility index (Phi) is 3.52. The fraction of sp³-hybridized carbons (Fsp3) is 0.200. The first-order valence-electron chi connectivity index (χ1n) is 5.63. The molecule has 0 atom stereocenters. The number of rotatable bonds is 4. The number of hydrogen-bond acceptors (Lipinski definition) is 2. The maximum absolute atomic E-state index is 11.9. The highest BCUT2D eigenvalue weighted by Crippen LogP contribution is 2.15. The van der Waals surface area contributed by atoms with Gasteiger partial charge in [0.15, 0.2) is 5.78 Å². The van der Waals surface area contributed by atoms with E-state index in [1.807, 2.05) is 30.3 Å². The monoisotopic (exact) mass is 223 g/mol. The molecule has 0 spiro atoms. The molecule has 1 aromatic carbocycles. The van der Waals surface area contributed by atoms with Crippen molar-refractivity contribution in [2.45, 2.75) is 19.3 Å². The van der Waals surface area contributed by atoms with Crippen LogP contribution in [0.4, 0.5) is 0 Å². The van der Waals surface area contributed by atoms with Crippen LogP contribution in [0.5, 0.6) is 0 Å². The molecule has 0 amide bonds. The average molecular weight is 223 g/mol. The van der Waals surface area contributed by atoms with Crippen molar-refractivity contribution < 1.29 is 4.79 Å². The lowest BCUT2D eigenvalue weighted by atomic mass is 10.0. The van der Waals surface area contributed by atoms with Crippen LogP contribution in [-0.4, -0.2) is 10.8 Å². The lowest BCUT2D eigenvalue weighted by Gasteiger charge is -2.01. The van der Waals surface area contributed by atoms with E-state index in [9.17, 15) is 4.79 Å². The molecule has 0 aliphatic rings. The summed E-state index contributed by atoms with van der Waals surface area (Å²) in [7, 11) is 0. The van der Waals surface area contributed by atoms with E-state index in [0.29, 0.717) is 12.8 Å². The standard InChI is InChI=1S/C15H13NO/c1-2-3-4-7-15(17)13-8-9-14-12(11-13)6-5-10-16-14/h1,5-6,8-11H,3-4,7H2. The number of carbonyl (C=O) groups is 1. The summed E-state index contributed by atoms with van der Waals surface area (Å²) >= 11 is 0. The molecule has 0 saturated heterocycles. The number of hydrogen-bond donors (Lipinski definition) is 0. The van der Waals surface area contributed by atoms with Crippen LogP contribution in [-0.2, 0) is 0 Å². The van der Waals surface area contributed by atoms with E-state index in [1.54, 1.807) is 6.20 Å². The second-order valence-corrected chi connectivity index (χ2v) is 3.89. The van der Waals surface area contributed by atoms with Crippen molar-refractivity contribution in [2.75, 3.05) is 0 Å². The topological polar surface area (TPSA) is 30.0 Å². The summed E-state index contributed by atoms with van der Waals surface area (Å²) in [5.41, 5.74) is 1.65. The highest BCUT2D eigenvalue weighted by Gasteiger charge is 2.06. The van der Waals surface area contributed by atoms with Crippen LogP contribution in [0.2, 0.25) is 0 Å². The zero-order valence-corrected chi connectivity index (χ0v) is 9.52. The number of fused-ring (bicyclic) bond motifs is 1. The van der Waals surface area contributed by atoms with Gasteiger partial charge in [-0.15, -0.1) is 12.3 Å². The molecule has 2 nitrogen and oxygen atoms in total. The Bertz CT molecular complexity index is 581. The molecule has 84 valence electrons. The fourth-order valence-electron chi connectivity index (χ4n) is 1.74. The number of pyridine rings is 1. The van der Waals surface area contributed by atoms with Gasteiger partial charge in [-0.3, -0.25) is 9.78 Å². The van der Waals surface area contributed by atoms with Crippen molar-refractivity contribution in [3.05, 3.63) is 42.1 Å². The van der Waals surface area contributed by atoms with Crippen LogP contribution in [0.15, 0.2) is 36.5 Å². The Morgan fingerprint density at radius 2 is 2.24 bits per heavy atom. The number of nitrogens with zero attached hydrogens (tertiary/aromatic N) is 1. The summed E-state index contributed by atoms with van der Waals surface area (Å²) in [5, 5.41) is 0.996. The molecular formula is C15H13NO. The maximum atomic E-state index is 11.9. The summed E-state index contributed by atoms with van der Waals surface area (Å²) in [6, 6.07) is 9.42. The summed E-state index contributed by atoms with van der Waals surface area (Å²) < 4.78 is 0. The van der Waals surface area contributed by atoms with Gasteiger partial charge in [0.05, 0.1) is 5.52 Å². The van der Waals surface area contributed by atoms with E-state index in [-0.39, 0.29) is 5.78 Å². The quantitative estimate of drug-likeness (QED) is 0.452. The van der Waals surface area contributed by atoms with E-state index >= 15 is 0 Å². The highest BCUT2D eigenvalue weighted by molar-refractivity contribution is 5.99. The molecule has 0 bridgehead atoms. The number of aromatic nitrogens is 1. The Morgan fingerprint density at radius 3 is 3.06 bits per heavy atom. The summed E-state index contributed by atoms with van der Waals surface area (Å²) in [6.07, 6.45) is 8.82. The second-order valence-electron chi connectivity index (χ2n) is 3.89. The van der Waals surface area contributed by atoms with Crippen molar-refractivity contribution in [3.63, 3.8) is 0 Å². The predicted octanol–water partition coefficient (Wildman–Crippen LogP) is 3.22. The molecule has 2 heteroatoms. The Balaban J connectivity index is 2.19. The minimum atomic E-state index is 0.144. The lowest BCUT2D eigenvalue weighted by molar-refractivity contribution is 0.0980. The summed E-state index contributed by atoms with van der Waals surface area (Å²) in [4.78, 5) is 16.1. The molecule has 2 rings (SSSR count). The minimum absolute atomic E-state index is 0.144. The van der Waals surface area contributed by atoms with E-state index < -0.39 is 0 Å². The molecule has 0 unspecified atom stereocenters. The second kappa shape index (κ2) is 5.27. The molecule has 0 saturated carbocycles. The third-order valence-electron chi connectivity index (χ3n) is 2.65. The molecule has 0 aliphatic heterocycles. The van der Waals surface area contributed by atoms with Crippen LogP contribution in [0, 0.1) is 12.3 Å². The fourth-order valence-corrected chi connectivity index (χ4v) is 1.74. The summed E-state index contributed by atoms with van der Waals surface area (Å²) in [6.45, 7) is 0. The van der Waals surface area contributed by atoms with Gasteiger partial charge in [-0.2, -0.15) is 0 Å². The smallest absolute Gasteiger partial charge is 0.162 e. The van der Waals surface area contributed by atoms with Crippen molar-refractivity contribution in [2.24, 2.45) is 0 Å². The van der Waals surface area contributed by atoms with Crippen LogP contribution in [0.25, 0.3) is 10.9 Å². The molecule has 0 fully saturated rings. The molecule has 17 heavy (non-hydrogen) atoms. The first-order valence-corrected chi connectivity index (χ1v) is 5.63. The van der Waals surface area contributed by atoms with E-state index in [2.05, 4.69) is 10.9 Å². The van der Waals surface area contributed by atoms with Gasteiger partial charge >= 0.3 is 0 Å². The van der Waals surface area contributed by atoms with Gasteiger partial charge in [0.2, 0.25) is 0 Å². The number of ketones is 1. The Morgan fingerprint density at radius 1 is 1.35 bits per heavy atom. The molecule has 2 aromatic rings. The van der Waals surface area contributed by atoms with Crippen molar-refractivity contribution in [3.8, 4) is 12.3 Å². The van der Waals surface area contributed by atoms with Crippen molar-refractivity contribution in [1.82, 2.24) is 4.98 Å². The molecule has 0 radical (unpaired) electrons. The normalized spacial score (nSPS) is 10.1. The third-order valence-corrected chi connectivity index (χ3v) is 2.65. The number of terminal acetylenes is 1. The van der Waals surface area contributed by atoms with Gasteiger partial charge in [-0.25, -0.2) is 0 Å². The first-order chi connectivity index (χ1) is 8.31. The summed E-state index contributed by atoms with van der Waals surface area (Å²) in [5.74, 6) is 2.69. The first kappa shape index (κ1) is 11.3. The number of unbranched alkanes of at least 4 members (excludes halogenated alkanes) is 1. The number of carbonyl (C=O) groups excluding carboxylic acids is 1. The van der Waals surface area contributed by atoms with Gasteiger partial charge in [0.25, 0.3) is 0 Å². The SMILES string of the molecule is C#CCCCC(=O)c1ccc2ncccc2c1. The Labute approximate surface area is 101 Å². The van der Waals surface area contributed by atoms with Crippen LogP contribution in [0.3, 0.4) is 0 Å². The highest BCUT2D eigenvalue weighted by atomic mass is 16.1. The van der Waals surface area contributed by atoms with Gasteiger partial charge < -0.3 is 0 Å². The van der Waals surface area contributed by atoms with Crippen molar-refractivity contribution >= 4 is 16.7 Å². The van der Waals surface area contributed by atoms with Gasteiger partial charge in [0.1, 0.15) is 0 Å². The largest absolute Gasteiger partial charge is 0.294 e. The molecule has 1 aromatic heterocycles. The number of benzene rings is 1. The van der Waals surface area contributed by atoms with Crippen molar-refractivity contribution in [1.29, 1.82) is 0 Å². The van der Waals surface area contributed by atoms with Crippen LogP contribution >= 0.6 is 0 Å². The molecule has 0 aliphatic carbocycles. The van der Waals surface area contributed by atoms with Crippen LogP contribution < -0.4 is 0 Å². The van der Waals surface area contributed by atoms with Gasteiger partial charge in [-0.1, -0.05) is 6.07 Å². The molecular weight excluding hydrogens is 210 g/mol. The lowest BCUT2D eigenvalue weighted by Crippen LogP contribution is -1.98. The number of Topliss-reactive ketones (excluding diaryl/α,β-unsaturated/α-hetero) is 1. The van der Waals surface area contributed by atoms with Gasteiger partial charge in [0, 0.05) is 30.0 Å². The minimum Gasteiger partial charge on any atom is -0.294 e. The zero-order valence-electron chi connectivity index (χ0n) is 9.52. The molecule has 1 heterocycles. The Hall–Kier alpha value is -2.14. The van der Waals surface area contributed by atoms with E-state index in [4.69, 9.17) is 6.42 Å². The van der Waals surface area contributed by atoms with E-state index in [1.165, 1.54) is 0 Å². The average Bonchev–Trinajstić information content (AvgIpc) is 2.38. The van der Waals surface area contributed by atoms with Gasteiger partial charge in [-0.05, 0) is 30.7 Å². The maximum Gasteiger partial charge on any atom is 0.162 e. The zero-order chi connectivity index (χ0) is 12.1. The predicted molar refractivity (Wildman–Crippen MR) is 68.8 cm³/mol. The van der Waals surface area contributed by atoms with Crippen LogP contribution in [0.1, 0.15) is 29.6 Å². The van der Waals surface area contributed by atoms with E-state index in [0.717, 1.165) is 22.9 Å². The third kappa shape index (κ3) is 2.70. The molecule has 0 N–H and O–H groups in total.